The van der Waals surface area contributed by atoms with Crippen molar-refractivity contribution in [1.82, 2.24) is 15.1 Å². The second-order valence-corrected chi connectivity index (χ2v) is 5.53. The first-order chi connectivity index (χ1) is 8.19. The van der Waals surface area contributed by atoms with Gasteiger partial charge in [-0.2, -0.15) is 0 Å². The third-order valence-corrected chi connectivity index (χ3v) is 3.48. The normalized spacial score (nSPS) is 15.2. The fraction of sp³-hybridized carbons (Fsp3) is 0.700. The highest BCUT2D eigenvalue weighted by Gasteiger charge is 2.31. The van der Waals surface area contributed by atoms with Crippen LogP contribution in [0.1, 0.15) is 24.8 Å². The lowest BCUT2D eigenvalue weighted by molar-refractivity contribution is -0.144. The van der Waals surface area contributed by atoms with Gasteiger partial charge in [-0.15, -0.1) is 10.2 Å². The highest BCUT2D eigenvalue weighted by molar-refractivity contribution is 7.15. The summed E-state index contributed by atoms with van der Waals surface area (Å²) in [6, 6.07) is 0.474. The molecular formula is C10H14ClN3O2S. The van der Waals surface area contributed by atoms with Crippen molar-refractivity contribution in [2.45, 2.75) is 32.4 Å². The Balaban J connectivity index is 1.91. The van der Waals surface area contributed by atoms with Crippen molar-refractivity contribution >= 4 is 28.9 Å². The molecule has 0 amide bonds. The SMILES string of the molecule is CCOC(=O)CN(Cc1nnc(Cl)s1)C1CC1. The van der Waals surface area contributed by atoms with E-state index in [9.17, 15) is 4.79 Å². The predicted octanol–water partition coefficient (Wildman–Crippen LogP) is 1.72. The van der Waals surface area contributed by atoms with Gasteiger partial charge in [-0.3, -0.25) is 9.69 Å². The molecule has 0 spiro atoms. The summed E-state index contributed by atoms with van der Waals surface area (Å²) in [6.45, 7) is 3.16. The van der Waals surface area contributed by atoms with E-state index in [0.29, 0.717) is 30.2 Å². The molecular weight excluding hydrogens is 262 g/mol. The molecule has 1 heterocycles. The van der Waals surface area contributed by atoms with Crippen LogP contribution < -0.4 is 0 Å². The van der Waals surface area contributed by atoms with Gasteiger partial charge in [-0.05, 0) is 31.4 Å². The predicted molar refractivity (Wildman–Crippen MR) is 65.0 cm³/mol. The zero-order valence-corrected chi connectivity index (χ0v) is 11.1. The van der Waals surface area contributed by atoms with Crippen molar-refractivity contribution in [2.24, 2.45) is 0 Å². The molecule has 0 unspecified atom stereocenters. The van der Waals surface area contributed by atoms with Gasteiger partial charge in [-0.25, -0.2) is 0 Å². The molecule has 94 valence electrons. The van der Waals surface area contributed by atoms with E-state index in [1.54, 1.807) is 0 Å². The van der Waals surface area contributed by atoms with Gasteiger partial charge in [0, 0.05) is 6.04 Å². The monoisotopic (exact) mass is 275 g/mol. The standard InChI is InChI=1S/C10H14ClN3O2S/c1-2-16-9(15)6-14(7-3-4-7)5-8-12-13-10(11)17-8/h7H,2-6H2,1H3. The van der Waals surface area contributed by atoms with E-state index >= 15 is 0 Å². The van der Waals surface area contributed by atoms with Crippen LogP contribution in [0, 0.1) is 0 Å². The molecule has 0 aromatic carbocycles. The molecule has 1 aliphatic carbocycles. The highest BCUT2D eigenvalue weighted by atomic mass is 35.5. The fourth-order valence-corrected chi connectivity index (χ4v) is 2.49. The number of carbonyl (C=O) groups is 1. The lowest BCUT2D eigenvalue weighted by Crippen LogP contribution is -2.32. The Morgan fingerprint density at radius 3 is 2.88 bits per heavy atom. The van der Waals surface area contributed by atoms with Gasteiger partial charge in [-0.1, -0.05) is 11.3 Å². The quantitative estimate of drug-likeness (QED) is 0.740. The fourth-order valence-electron chi connectivity index (χ4n) is 1.60. The van der Waals surface area contributed by atoms with E-state index in [1.165, 1.54) is 11.3 Å². The van der Waals surface area contributed by atoms with Gasteiger partial charge in [0.25, 0.3) is 0 Å². The van der Waals surface area contributed by atoms with Gasteiger partial charge in [0.15, 0.2) is 0 Å². The molecule has 0 radical (unpaired) electrons. The summed E-state index contributed by atoms with van der Waals surface area (Å²) in [5, 5.41) is 8.56. The smallest absolute Gasteiger partial charge is 0.320 e. The van der Waals surface area contributed by atoms with Crippen LogP contribution in [-0.4, -0.2) is 40.3 Å². The zero-order chi connectivity index (χ0) is 12.3. The highest BCUT2D eigenvalue weighted by Crippen LogP contribution is 2.29. The van der Waals surface area contributed by atoms with Crippen LogP contribution in [0.3, 0.4) is 0 Å². The Hall–Kier alpha value is -0.720. The number of rotatable bonds is 6. The molecule has 17 heavy (non-hydrogen) atoms. The Bertz CT molecular complexity index is 395. The molecule has 0 N–H and O–H groups in total. The topological polar surface area (TPSA) is 55.3 Å². The summed E-state index contributed by atoms with van der Waals surface area (Å²) in [7, 11) is 0. The number of carbonyl (C=O) groups excluding carboxylic acids is 1. The third kappa shape index (κ3) is 3.90. The summed E-state index contributed by atoms with van der Waals surface area (Å²) >= 11 is 7.08. The number of halogens is 1. The van der Waals surface area contributed by atoms with Crippen LogP contribution in [0.15, 0.2) is 0 Å². The first kappa shape index (κ1) is 12.7. The van der Waals surface area contributed by atoms with Crippen LogP contribution in [0.4, 0.5) is 0 Å². The second-order valence-electron chi connectivity index (χ2n) is 3.89. The third-order valence-electron chi connectivity index (χ3n) is 2.48. The first-order valence-corrected chi connectivity index (χ1v) is 6.76. The number of ether oxygens (including phenoxy) is 1. The van der Waals surface area contributed by atoms with Gasteiger partial charge in [0.2, 0.25) is 4.47 Å². The maximum atomic E-state index is 11.5. The summed E-state index contributed by atoms with van der Waals surface area (Å²) in [6.07, 6.45) is 2.26. The molecule has 1 aromatic heterocycles. The van der Waals surface area contributed by atoms with E-state index in [2.05, 4.69) is 15.1 Å². The number of nitrogens with zero attached hydrogens (tertiary/aromatic N) is 3. The van der Waals surface area contributed by atoms with Crippen LogP contribution >= 0.6 is 22.9 Å². The summed E-state index contributed by atoms with van der Waals surface area (Å²) < 4.78 is 5.39. The minimum atomic E-state index is -0.185. The van der Waals surface area contributed by atoms with Crippen molar-refractivity contribution < 1.29 is 9.53 Å². The molecule has 0 saturated heterocycles. The van der Waals surface area contributed by atoms with Crippen molar-refractivity contribution in [3.63, 3.8) is 0 Å². The summed E-state index contributed by atoms with van der Waals surface area (Å²) in [5.74, 6) is -0.185. The average molecular weight is 276 g/mol. The number of esters is 1. The first-order valence-electron chi connectivity index (χ1n) is 5.56. The lowest BCUT2D eigenvalue weighted by atomic mass is 10.4. The molecule has 0 atom stereocenters. The van der Waals surface area contributed by atoms with Gasteiger partial charge in [0.05, 0.1) is 19.7 Å². The average Bonchev–Trinajstić information content (AvgIpc) is 3.03. The molecule has 0 aliphatic heterocycles. The number of aromatic nitrogens is 2. The molecule has 1 saturated carbocycles. The molecule has 5 nitrogen and oxygen atoms in total. The minimum Gasteiger partial charge on any atom is -0.465 e. The van der Waals surface area contributed by atoms with Crippen LogP contribution in [-0.2, 0) is 16.1 Å². The van der Waals surface area contributed by atoms with Crippen LogP contribution in [0.5, 0.6) is 0 Å². The van der Waals surface area contributed by atoms with Crippen molar-refractivity contribution in [3.8, 4) is 0 Å². The Morgan fingerprint density at radius 1 is 1.59 bits per heavy atom. The Kier molecular flexibility index (Phi) is 4.31. The number of hydrogen-bond donors (Lipinski definition) is 0. The van der Waals surface area contributed by atoms with Crippen LogP contribution in [0.25, 0.3) is 0 Å². The Labute approximate surface area is 109 Å². The molecule has 0 bridgehead atoms. The van der Waals surface area contributed by atoms with Gasteiger partial charge < -0.3 is 4.74 Å². The van der Waals surface area contributed by atoms with E-state index in [4.69, 9.17) is 16.3 Å². The zero-order valence-electron chi connectivity index (χ0n) is 9.56. The van der Waals surface area contributed by atoms with E-state index < -0.39 is 0 Å². The van der Waals surface area contributed by atoms with Crippen LogP contribution in [0.2, 0.25) is 4.47 Å². The Morgan fingerprint density at radius 2 is 2.35 bits per heavy atom. The maximum absolute atomic E-state index is 11.5. The van der Waals surface area contributed by atoms with Gasteiger partial charge in [0.1, 0.15) is 5.01 Å². The molecule has 1 aromatic rings. The maximum Gasteiger partial charge on any atom is 0.320 e. The minimum absolute atomic E-state index is 0.185. The summed E-state index contributed by atoms with van der Waals surface area (Å²) in [5.41, 5.74) is 0. The van der Waals surface area contributed by atoms with E-state index in [-0.39, 0.29) is 5.97 Å². The van der Waals surface area contributed by atoms with Gasteiger partial charge >= 0.3 is 5.97 Å². The van der Waals surface area contributed by atoms with E-state index in [1.807, 2.05) is 6.92 Å². The largest absolute Gasteiger partial charge is 0.465 e. The lowest BCUT2D eigenvalue weighted by Gasteiger charge is -2.18. The molecule has 2 rings (SSSR count). The van der Waals surface area contributed by atoms with E-state index in [0.717, 1.165) is 17.8 Å². The molecule has 1 aliphatic rings. The number of hydrogen-bond acceptors (Lipinski definition) is 6. The second kappa shape index (κ2) is 5.75. The van der Waals surface area contributed by atoms with Crippen molar-refractivity contribution in [1.29, 1.82) is 0 Å². The van der Waals surface area contributed by atoms with Crippen molar-refractivity contribution in [3.05, 3.63) is 9.47 Å². The summed E-state index contributed by atoms with van der Waals surface area (Å²) in [4.78, 5) is 13.5. The molecule has 1 fully saturated rings. The molecule has 7 heteroatoms. The van der Waals surface area contributed by atoms with Crippen molar-refractivity contribution in [2.75, 3.05) is 13.2 Å².